The van der Waals surface area contributed by atoms with Crippen LogP contribution in [0.1, 0.15) is 21.0 Å². The summed E-state index contributed by atoms with van der Waals surface area (Å²) in [4.78, 5) is 5.61. The molecule has 1 heterocycles. The van der Waals surface area contributed by atoms with E-state index in [1.807, 2.05) is 18.3 Å². The lowest BCUT2D eigenvalue weighted by atomic mass is 10.1. The van der Waals surface area contributed by atoms with Gasteiger partial charge in [-0.15, -0.1) is 11.3 Å². The van der Waals surface area contributed by atoms with E-state index in [2.05, 4.69) is 30.2 Å². The van der Waals surface area contributed by atoms with Gasteiger partial charge < -0.3 is 14.8 Å². The number of methoxy groups -OCH3 is 1. The van der Waals surface area contributed by atoms with Crippen molar-refractivity contribution in [2.75, 3.05) is 20.3 Å². The van der Waals surface area contributed by atoms with E-state index in [-0.39, 0.29) is 0 Å². The molecule has 0 spiro atoms. The number of rotatable bonds is 8. The van der Waals surface area contributed by atoms with E-state index in [9.17, 15) is 0 Å². The summed E-state index contributed by atoms with van der Waals surface area (Å²) in [6.45, 7) is 7.07. The highest BCUT2D eigenvalue weighted by Gasteiger charge is 2.04. The van der Waals surface area contributed by atoms with Crippen LogP contribution in [0.25, 0.3) is 0 Å². The van der Waals surface area contributed by atoms with Gasteiger partial charge in [0.1, 0.15) is 17.4 Å². The molecule has 0 aliphatic heterocycles. The van der Waals surface area contributed by atoms with Crippen molar-refractivity contribution in [2.45, 2.75) is 27.0 Å². The highest BCUT2D eigenvalue weighted by molar-refractivity contribution is 7.11. The van der Waals surface area contributed by atoms with Crippen LogP contribution < -0.4 is 10.1 Å². The second kappa shape index (κ2) is 8.12. The summed E-state index contributed by atoms with van der Waals surface area (Å²) in [7, 11) is 1.71. The average molecular weight is 306 g/mol. The largest absolute Gasteiger partial charge is 0.486 e. The van der Waals surface area contributed by atoms with E-state index in [0.717, 1.165) is 30.5 Å². The molecule has 4 nitrogen and oxygen atoms in total. The molecule has 0 fully saturated rings. The van der Waals surface area contributed by atoms with Crippen molar-refractivity contribution in [3.63, 3.8) is 0 Å². The van der Waals surface area contributed by atoms with Crippen LogP contribution in [0.3, 0.4) is 0 Å². The second-order valence-corrected chi connectivity index (χ2v) is 6.20. The molecule has 0 radical (unpaired) electrons. The number of ether oxygens (including phenoxy) is 2. The maximum absolute atomic E-state index is 5.82. The first kappa shape index (κ1) is 15.9. The number of thiazole rings is 1. The molecule has 2 aromatic rings. The fourth-order valence-corrected chi connectivity index (χ4v) is 2.85. The van der Waals surface area contributed by atoms with Crippen molar-refractivity contribution in [2.24, 2.45) is 0 Å². The third-order valence-corrected chi connectivity index (χ3v) is 3.91. The molecule has 0 unspecified atom stereocenters. The molecule has 0 aliphatic rings. The molecule has 0 saturated carbocycles. The molecular formula is C16H22N2O2S. The van der Waals surface area contributed by atoms with Crippen LogP contribution in [0.2, 0.25) is 0 Å². The van der Waals surface area contributed by atoms with Crippen molar-refractivity contribution >= 4 is 11.3 Å². The lowest BCUT2D eigenvalue weighted by Crippen LogP contribution is -2.17. The molecule has 21 heavy (non-hydrogen) atoms. The first-order valence-corrected chi connectivity index (χ1v) is 7.83. The van der Waals surface area contributed by atoms with Crippen molar-refractivity contribution in [3.05, 3.63) is 45.4 Å². The SMILES string of the molecule is COCCNCc1cnc(COc2cc(C)cc(C)c2)s1. The van der Waals surface area contributed by atoms with Gasteiger partial charge in [0.2, 0.25) is 0 Å². The maximum Gasteiger partial charge on any atom is 0.140 e. The van der Waals surface area contributed by atoms with Gasteiger partial charge in [0, 0.05) is 31.3 Å². The lowest BCUT2D eigenvalue weighted by Gasteiger charge is -2.06. The average Bonchev–Trinajstić information content (AvgIpc) is 2.88. The fourth-order valence-electron chi connectivity index (χ4n) is 2.04. The first-order valence-electron chi connectivity index (χ1n) is 7.01. The number of aryl methyl sites for hydroxylation is 2. The molecule has 0 amide bonds. The number of nitrogens with zero attached hydrogens (tertiary/aromatic N) is 1. The van der Waals surface area contributed by atoms with Crippen molar-refractivity contribution in [1.82, 2.24) is 10.3 Å². The summed E-state index contributed by atoms with van der Waals surface area (Å²) in [6, 6.07) is 6.24. The number of hydrogen-bond donors (Lipinski definition) is 1. The number of aromatic nitrogens is 1. The zero-order valence-electron chi connectivity index (χ0n) is 12.8. The summed E-state index contributed by atoms with van der Waals surface area (Å²) in [6.07, 6.45) is 1.91. The molecule has 1 aromatic heterocycles. The zero-order valence-corrected chi connectivity index (χ0v) is 13.6. The second-order valence-electron chi connectivity index (χ2n) is 5.00. The summed E-state index contributed by atoms with van der Waals surface area (Å²) < 4.78 is 10.8. The van der Waals surface area contributed by atoms with Crippen LogP contribution >= 0.6 is 11.3 Å². The van der Waals surface area contributed by atoms with Crippen LogP contribution in [0.4, 0.5) is 0 Å². The van der Waals surface area contributed by atoms with Crippen LogP contribution in [0, 0.1) is 13.8 Å². The van der Waals surface area contributed by atoms with E-state index in [4.69, 9.17) is 9.47 Å². The molecule has 1 N–H and O–H groups in total. The molecule has 0 bridgehead atoms. The summed E-state index contributed by atoms with van der Waals surface area (Å²) in [5.74, 6) is 0.905. The normalized spacial score (nSPS) is 10.8. The Morgan fingerprint density at radius 2 is 1.95 bits per heavy atom. The van der Waals surface area contributed by atoms with Gasteiger partial charge in [0.05, 0.1) is 6.61 Å². The first-order chi connectivity index (χ1) is 10.2. The summed E-state index contributed by atoms with van der Waals surface area (Å²) >= 11 is 1.68. The molecule has 1 aromatic carbocycles. The minimum Gasteiger partial charge on any atom is -0.486 e. The topological polar surface area (TPSA) is 43.4 Å². The smallest absolute Gasteiger partial charge is 0.140 e. The minimum atomic E-state index is 0.519. The Morgan fingerprint density at radius 1 is 1.19 bits per heavy atom. The van der Waals surface area contributed by atoms with E-state index in [1.54, 1.807) is 18.4 Å². The molecule has 0 saturated heterocycles. The third kappa shape index (κ3) is 5.46. The molecule has 114 valence electrons. The Kier molecular flexibility index (Phi) is 6.17. The highest BCUT2D eigenvalue weighted by atomic mass is 32.1. The standard InChI is InChI=1S/C16H22N2O2S/c1-12-6-13(2)8-14(7-12)20-11-16-18-10-15(21-16)9-17-4-5-19-3/h6-8,10,17H,4-5,9,11H2,1-3H3. The number of hydrogen-bond acceptors (Lipinski definition) is 5. The molecule has 0 aliphatic carbocycles. The van der Waals surface area contributed by atoms with Crippen molar-refractivity contribution < 1.29 is 9.47 Å². The molecule has 2 rings (SSSR count). The van der Waals surface area contributed by atoms with E-state index >= 15 is 0 Å². The quantitative estimate of drug-likeness (QED) is 0.761. The van der Waals surface area contributed by atoms with Crippen LogP contribution in [-0.4, -0.2) is 25.2 Å². The van der Waals surface area contributed by atoms with Gasteiger partial charge in [0.25, 0.3) is 0 Å². The predicted molar refractivity (Wildman–Crippen MR) is 85.9 cm³/mol. The highest BCUT2D eigenvalue weighted by Crippen LogP contribution is 2.19. The van der Waals surface area contributed by atoms with Crippen molar-refractivity contribution in [3.8, 4) is 5.75 Å². The van der Waals surface area contributed by atoms with Gasteiger partial charge in [-0.25, -0.2) is 4.98 Å². The van der Waals surface area contributed by atoms with Gasteiger partial charge in [-0.05, 0) is 37.1 Å². The predicted octanol–water partition coefficient (Wildman–Crippen LogP) is 3.07. The Balaban J connectivity index is 1.82. The molecule has 0 atom stereocenters. The van der Waals surface area contributed by atoms with Gasteiger partial charge >= 0.3 is 0 Å². The van der Waals surface area contributed by atoms with Crippen LogP contribution in [-0.2, 0) is 17.9 Å². The number of benzene rings is 1. The lowest BCUT2D eigenvalue weighted by molar-refractivity contribution is 0.199. The van der Waals surface area contributed by atoms with E-state index < -0.39 is 0 Å². The van der Waals surface area contributed by atoms with Gasteiger partial charge in [-0.2, -0.15) is 0 Å². The van der Waals surface area contributed by atoms with E-state index in [1.165, 1.54) is 16.0 Å². The minimum absolute atomic E-state index is 0.519. The summed E-state index contributed by atoms with van der Waals surface area (Å²) in [5.41, 5.74) is 2.43. The van der Waals surface area contributed by atoms with Crippen molar-refractivity contribution in [1.29, 1.82) is 0 Å². The van der Waals surface area contributed by atoms with Gasteiger partial charge in [-0.3, -0.25) is 0 Å². The van der Waals surface area contributed by atoms with Crippen LogP contribution in [0.5, 0.6) is 5.75 Å². The Morgan fingerprint density at radius 3 is 2.67 bits per heavy atom. The zero-order chi connectivity index (χ0) is 15.1. The number of nitrogens with one attached hydrogen (secondary N) is 1. The fraction of sp³-hybridized carbons (Fsp3) is 0.438. The van der Waals surface area contributed by atoms with Crippen LogP contribution in [0.15, 0.2) is 24.4 Å². The van der Waals surface area contributed by atoms with Gasteiger partial charge in [0.15, 0.2) is 0 Å². The Labute approximate surface area is 130 Å². The molecular weight excluding hydrogens is 284 g/mol. The van der Waals surface area contributed by atoms with E-state index in [0.29, 0.717) is 6.61 Å². The maximum atomic E-state index is 5.82. The Bertz CT molecular complexity index is 549. The Hall–Kier alpha value is -1.43. The third-order valence-electron chi connectivity index (χ3n) is 2.94. The monoisotopic (exact) mass is 306 g/mol. The van der Waals surface area contributed by atoms with Gasteiger partial charge in [-0.1, -0.05) is 6.07 Å². The summed E-state index contributed by atoms with van der Waals surface area (Å²) in [5, 5.41) is 4.31. The molecule has 5 heteroatoms.